The standard InChI is InChI=1S/C17H26F3N3/c1-4-21-16(22-11-10-17(18,19)20)23-12-15(13(2)3)14-8-6-5-7-9-14/h5-9,13,15H,4,10-12H2,1-3H3,(H2,21,22,23). The minimum Gasteiger partial charge on any atom is -0.357 e. The summed E-state index contributed by atoms with van der Waals surface area (Å²) in [5, 5.41) is 5.73. The Balaban J connectivity index is 2.69. The fourth-order valence-corrected chi connectivity index (χ4v) is 2.26. The molecule has 1 unspecified atom stereocenters. The van der Waals surface area contributed by atoms with Crippen molar-refractivity contribution in [1.82, 2.24) is 10.6 Å². The molecule has 2 N–H and O–H groups in total. The van der Waals surface area contributed by atoms with E-state index in [-0.39, 0.29) is 12.5 Å². The van der Waals surface area contributed by atoms with Crippen LogP contribution in [0.5, 0.6) is 0 Å². The minimum absolute atomic E-state index is 0.174. The summed E-state index contributed by atoms with van der Waals surface area (Å²) in [5.41, 5.74) is 1.19. The van der Waals surface area contributed by atoms with Gasteiger partial charge in [0.15, 0.2) is 5.96 Å². The first kappa shape index (κ1) is 19.3. The molecule has 0 radical (unpaired) electrons. The third-order valence-electron chi connectivity index (χ3n) is 3.52. The maximum Gasteiger partial charge on any atom is 0.390 e. The molecule has 0 spiro atoms. The third kappa shape index (κ3) is 7.90. The highest BCUT2D eigenvalue weighted by Crippen LogP contribution is 2.24. The molecule has 1 aromatic carbocycles. The van der Waals surface area contributed by atoms with Crippen LogP contribution in [0.2, 0.25) is 0 Å². The van der Waals surface area contributed by atoms with Crippen molar-refractivity contribution in [2.24, 2.45) is 10.9 Å². The van der Waals surface area contributed by atoms with E-state index in [1.807, 2.05) is 25.1 Å². The van der Waals surface area contributed by atoms with Gasteiger partial charge in [0.25, 0.3) is 0 Å². The monoisotopic (exact) mass is 329 g/mol. The summed E-state index contributed by atoms with van der Waals surface area (Å²) < 4.78 is 36.7. The van der Waals surface area contributed by atoms with E-state index in [0.29, 0.717) is 25.0 Å². The van der Waals surface area contributed by atoms with Crippen LogP contribution in [0.3, 0.4) is 0 Å². The second kappa shape index (κ2) is 9.43. The Morgan fingerprint density at radius 3 is 2.30 bits per heavy atom. The summed E-state index contributed by atoms with van der Waals surface area (Å²) >= 11 is 0. The van der Waals surface area contributed by atoms with Gasteiger partial charge in [-0.05, 0) is 18.4 Å². The van der Waals surface area contributed by atoms with Crippen molar-refractivity contribution in [3.63, 3.8) is 0 Å². The molecule has 1 aromatic rings. The zero-order valence-corrected chi connectivity index (χ0v) is 14.0. The van der Waals surface area contributed by atoms with Crippen LogP contribution in [0.25, 0.3) is 0 Å². The number of halogens is 3. The molecule has 0 aliphatic heterocycles. The molecule has 0 aliphatic carbocycles. The topological polar surface area (TPSA) is 36.4 Å². The van der Waals surface area contributed by atoms with Crippen molar-refractivity contribution in [1.29, 1.82) is 0 Å². The Labute approximate surface area is 136 Å². The van der Waals surface area contributed by atoms with E-state index in [9.17, 15) is 13.2 Å². The average molecular weight is 329 g/mol. The lowest BCUT2D eigenvalue weighted by Crippen LogP contribution is -2.39. The van der Waals surface area contributed by atoms with Crippen molar-refractivity contribution in [3.05, 3.63) is 35.9 Å². The van der Waals surface area contributed by atoms with Gasteiger partial charge in [0.1, 0.15) is 0 Å². The van der Waals surface area contributed by atoms with Gasteiger partial charge < -0.3 is 10.6 Å². The molecular formula is C17H26F3N3. The Bertz CT molecular complexity index is 470. The van der Waals surface area contributed by atoms with E-state index >= 15 is 0 Å². The van der Waals surface area contributed by atoms with E-state index < -0.39 is 12.6 Å². The molecule has 0 saturated heterocycles. The number of nitrogens with one attached hydrogen (secondary N) is 2. The highest BCUT2D eigenvalue weighted by molar-refractivity contribution is 5.79. The van der Waals surface area contributed by atoms with Gasteiger partial charge in [0, 0.05) is 25.6 Å². The fourth-order valence-electron chi connectivity index (χ4n) is 2.26. The average Bonchev–Trinajstić information content (AvgIpc) is 2.47. The summed E-state index contributed by atoms with van der Waals surface area (Å²) in [6.07, 6.45) is -5.03. The van der Waals surface area contributed by atoms with Crippen LogP contribution < -0.4 is 10.6 Å². The van der Waals surface area contributed by atoms with E-state index in [1.165, 1.54) is 5.56 Å². The van der Waals surface area contributed by atoms with Gasteiger partial charge in [0.05, 0.1) is 6.42 Å². The molecule has 130 valence electrons. The predicted molar refractivity (Wildman–Crippen MR) is 88.7 cm³/mol. The first-order valence-corrected chi connectivity index (χ1v) is 7.97. The lowest BCUT2D eigenvalue weighted by Gasteiger charge is -2.20. The highest BCUT2D eigenvalue weighted by atomic mass is 19.4. The number of alkyl halides is 3. The number of hydrogen-bond donors (Lipinski definition) is 2. The molecule has 0 fully saturated rings. The van der Waals surface area contributed by atoms with Crippen molar-refractivity contribution in [3.8, 4) is 0 Å². The molecule has 0 aliphatic rings. The van der Waals surface area contributed by atoms with Gasteiger partial charge in [-0.3, -0.25) is 4.99 Å². The summed E-state index contributed by atoms with van der Waals surface area (Å²) in [7, 11) is 0. The molecule has 0 aromatic heterocycles. The van der Waals surface area contributed by atoms with Crippen molar-refractivity contribution >= 4 is 5.96 Å². The van der Waals surface area contributed by atoms with E-state index in [4.69, 9.17) is 0 Å². The number of benzene rings is 1. The summed E-state index contributed by atoms with van der Waals surface area (Å²) in [6.45, 7) is 7.10. The number of rotatable bonds is 7. The van der Waals surface area contributed by atoms with Crippen LogP contribution in [-0.4, -0.2) is 31.8 Å². The summed E-state index contributed by atoms with van der Waals surface area (Å²) in [6, 6.07) is 10.1. The number of aliphatic imine (C=N–C) groups is 1. The van der Waals surface area contributed by atoms with Gasteiger partial charge >= 0.3 is 6.18 Å². The fraction of sp³-hybridized carbons (Fsp3) is 0.588. The van der Waals surface area contributed by atoms with Gasteiger partial charge in [-0.25, -0.2) is 0 Å². The molecule has 23 heavy (non-hydrogen) atoms. The van der Waals surface area contributed by atoms with Crippen LogP contribution in [0.1, 0.15) is 38.7 Å². The van der Waals surface area contributed by atoms with Crippen LogP contribution >= 0.6 is 0 Å². The number of hydrogen-bond acceptors (Lipinski definition) is 1. The quantitative estimate of drug-likeness (QED) is 0.587. The van der Waals surface area contributed by atoms with E-state index in [2.05, 4.69) is 41.6 Å². The van der Waals surface area contributed by atoms with Gasteiger partial charge in [-0.2, -0.15) is 13.2 Å². The van der Waals surface area contributed by atoms with E-state index in [0.717, 1.165) is 0 Å². The smallest absolute Gasteiger partial charge is 0.357 e. The predicted octanol–water partition coefficient (Wildman–Crippen LogP) is 3.93. The molecule has 0 amide bonds. The van der Waals surface area contributed by atoms with Crippen molar-refractivity contribution in [2.45, 2.75) is 39.3 Å². The van der Waals surface area contributed by atoms with Gasteiger partial charge in [-0.1, -0.05) is 44.2 Å². The second-order valence-corrected chi connectivity index (χ2v) is 5.77. The van der Waals surface area contributed by atoms with Gasteiger partial charge in [0.2, 0.25) is 0 Å². The maximum absolute atomic E-state index is 12.2. The molecule has 1 rings (SSSR count). The molecule has 1 atom stereocenters. The highest BCUT2D eigenvalue weighted by Gasteiger charge is 2.26. The van der Waals surface area contributed by atoms with Crippen molar-refractivity contribution in [2.75, 3.05) is 19.6 Å². The van der Waals surface area contributed by atoms with E-state index in [1.54, 1.807) is 0 Å². The normalized spacial score (nSPS) is 14.0. The summed E-state index contributed by atoms with van der Waals surface area (Å²) in [4.78, 5) is 4.46. The SMILES string of the molecule is CCNC(=NCC(c1ccccc1)C(C)C)NCCC(F)(F)F. The molecule has 0 saturated carbocycles. The Morgan fingerprint density at radius 1 is 1.13 bits per heavy atom. The molecule has 6 heteroatoms. The zero-order chi connectivity index (χ0) is 17.3. The van der Waals surface area contributed by atoms with Crippen LogP contribution in [0.4, 0.5) is 13.2 Å². The maximum atomic E-state index is 12.2. The summed E-state index contributed by atoms with van der Waals surface area (Å²) in [5.74, 6) is 1.05. The van der Waals surface area contributed by atoms with Crippen LogP contribution in [0, 0.1) is 5.92 Å². The Hall–Kier alpha value is -1.72. The van der Waals surface area contributed by atoms with Crippen LogP contribution in [0.15, 0.2) is 35.3 Å². The first-order valence-electron chi connectivity index (χ1n) is 7.97. The molecular weight excluding hydrogens is 303 g/mol. The lowest BCUT2D eigenvalue weighted by atomic mass is 9.88. The number of guanidine groups is 1. The minimum atomic E-state index is -4.16. The third-order valence-corrected chi connectivity index (χ3v) is 3.52. The molecule has 3 nitrogen and oxygen atoms in total. The van der Waals surface area contributed by atoms with Gasteiger partial charge in [-0.15, -0.1) is 0 Å². The zero-order valence-electron chi connectivity index (χ0n) is 14.0. The largest absolute Gasteiger partial charge is 0.390 e. The second-order valence-electron chi connectivity index (χ2n) is 5.77. The Kier molecular flexibility index (Phi) is 7.92. The Morgan fingerprint density at radius 2 is 1.78 bits per heavy atom. The molecule has 0 heterocycles. The molecule has 0 bridgehead atoms. The van der Waals surface area contributed by atoms with Crippen LogP contribution in [-0.2, 0) is 0 Å². The first-order chi connectivity index (χ1) is 10.8. The number of nitrogens with zero attached hydrogens (tertiary/aromatic N) is 1. The van der Waals surface area contributed by atoms with Crippen molar-refractivity contribution < 1.29 is 13.2 Å². The lowest BCUT2D eigenvalue weighted by molar-refractivity contribution is -0.132.